The lowest BCUT2D eigenvalue weighted by Gasteiger charge is -2.21. The maximum Gasteiger partial charge on any atom is 0.275 e. The number of ether oxygens (including phenoxy) is 1. The number of benzene rings is 2. The summed E-state index contributed by atoms with van der Waals surface area (Å²) in [7, 11) is 1.50. The summed E-state index contributed by atoms with van der Waals surface area (Å²) in [6, 6.07) is 15.0. The van der Waals surface area contributed by atoms with Gasteiger partial charge in [0.15, 0.2) is 0 Å². The predicted molar refractivity (Wildman–Crippen MR) is 129 cm³/mol. The van der Waals surface area contributed by atoms with E-state index in [1.165, 1.54) is 32.8 Å². The first-order chi connectivity index (χ1) is 15.2. The number of carbonyl (C=O) groups excluding carboxylic acids is 1. The molecular formula is C24H29ClN4O3. The number of likely N-dealkylation sites (tertiary alicyclic amines) is 1. The van der Waals surface area contributed by atoms with E-state index in [0.717, 1.165) is 35.6 Å². The Labute approximate surface area is 193 Å². The molecule has 170 valence electrons. The molecule has 32 heavy (non-hydrogen) atoms. The van der Waals surface area contributed by atoms with Crippen molar-refractivity contribution in [3.63, 3.8) is 0 Å². The molecule has 2 heterocycles. The summed E-state index contributed by atoms with van der Waals surface area (Å²) >= 11 is 0. The molecule has 1 saturated heterocycles. The first kappa shape index (κ1) is 23.8. The van der Waals surface area contributed by atoms with Gasteiger partial charge in [0, 0.05) is 12.2 Å². The second-order valence-corrected chi connectivity index (χ2v) is 7.91. The Morgan fingerprint density at radius 1 is 1.00 bits per heavy atom. The van der Waals surface area contributed by atoms with Crippen LogP contribution in [-0.4, -0.2) is 40.8 Å². The molecule has 3 aromatic rings. The van der Waals surface area contributed by atoms with Crippen molar-refractivity contribution in [1.82, 2.24) is 14.7 Å². The molecule has 1 aromatic heterocycles. The van der Waals surface area contributed by atoms with Gasteiger partial charge in [-0.05, 0) is 49.7 Å². The highest BCUT2D eigenvalue weighted by Gasteiger charge is 2.16. The van der Waals surface area contributed by atoms with Crippen LogP contribution in [0, 0.1) is 0 Å². The van der Waals surface area contributed by atoms with Gasteiger partial charge in [-0.2, -0.15) is 0 Å². The summed E-state index contributed by atoms with van der Waals surface area (Å²) in [4.78, 5) is 28.1. The smallest absolute Gasteiger partial charge is 0.275 e. The van der Waals surface area contributed by atoms with Crippen LogP contribution in [0.4, 0.5) is 5.69 Å². The number of anilines is 1. The fraction of sp³-hybridized carbons (Fsp3) is 0.375. The van der Waals surface area contributed by atoms with Crippen LogP contribution >= 0.6 is 12.4 Å². The van der Waals surface area contributed by atoms with Gasteiger partial charge in [-0.25, -0.2) is 4.68 Å². The van der Waals surface area contributed by atoms with Gasteiger partial charge in [-0.1, -0.05) is 43.2 Å². The summed E-state index contributed by atoms with van der Waals surface area (Å²) in [6.07, 6.45) is 5.00. The number of amides is 1. The molecule has 0 spiro atoms. The van der Waals surface area contributed by atoms with Crippen molar-refractivity contribution in [2.24, 2.45) is 0 Å². The van der Waals surface area contributed by atoms with Gasteiger partial charge < -0.3 is 10.1 Å². The van der Waals surface area contributed by atoms with Crippen LogP contribution in [0.15, 0.2) is 53.3 Å². The third-order valence-electron chi connectivity index (χ3n) is 5.70. The second-order valence-electron chi connectivity index (χ2n) is 7.91. The van der Waals surface area contributed by atoms with E-state index in [2.05, 4.69) is 15.3 Å². The number of para-hydroxylation sites is 1. The maximum atomic E-state index is 12.8. The van der Waals surface area contributed by atoms with Crippen LogP contribution in [0.25, 0.3) is 10.8 Å². The minimum Gasteiger partial charge on any atom is -0.480 e. The van der Waals surface area contributed by atoms with Crippen LogP contribution in [0.2, 0.25) is 0 Å². The van der Waals surface area contributed by atoms with Gasteiger partial charge in [0.2, 0.25) is 11.8 Å². The third-order valence-corrected chi connectivity index (χ3v) is 5.70. The molecule has 1 amide bonds. The van der Waals surface area contributed by atoms with Crippen molar-refractivity contribution >= 4 is 34.8 Å². The van der Waals surface area contributed by atoms with E-state index in [-0.39, 0.29) is 30.4 Å². The number of nitrogens with one attached hydrogen (secondary N) is 1. The first-order valence-corrected chi connectivity index (χ1v) is 10.8. The van der Waals surface area contributed by atoms with E-state index in [9.17, 15) is 9.59 Å². The number of hydrogen-bond acceptors (Lipinski definition) is 5. The number of hydrogen-bond donors (Lipinski definition) is 1. The van der Waals surface area contributed by atoms with Crippen molar-refractivity contribution in [3.8, 4) is 5.88 Å². The minimum absolute atomic E-state index is 0. The van der Waals surface area contributed by atoms with Gasteiger partial charge in [0.1, 0.15) is 6.54 Å². The Morgan fingerprint density at radius 2 is 1.66 bits per heavy atom. The molecule has 1 N–H and O–H groups in total. The molecule has 0 radical (unpaired) electrons. The van der Waals surface area contributed by atoms with Crippen molar-refractivity contribution in [2.75, 3.05) is 25.5 Å². The number of carbonyl (C=O) groups is 1. The molecule has 1 aliphatic heterocycles. The number of fused-ring (bicyclic) bond motifs is 1. The summed E-state index contributed by atoms with van der Waals surface area (Å²) in [5.41, 5.74) is 1.54. The Morgan fingerprint density at radius 3 is 2.38 bits per heavy atom. The van der Waals surface area contributed by atoms with Crippen LogP contribution in [0.5, 0.6) is 5.88 Å². The van der Waals surface area contributed by atoms with Gasteiger partial charge in [-0.15, -0.1) is 17.5 Å². The molecule has 0 saturated carbocycles. The normalized spacial score (nSPS) is 14.4. The van der Waals surface area contributed by atoms with Crippen molar-refractivity contribution < 1.29 is 9.53 Å². The topological polar surface area (TPSA) is 76.5 Å². The number of halogens is 1. The highest BCUT2D eigenvalue weighted by atomic mass is 35.5. The van der Waals surface area contributed by atoms with Crippen LogP contribution in [-0.2, 0) is 17.9 Å². The predicted octanol–water partition coefficient (Wildman–Crippen LogP) is 3.84. The lowest BCUT2D eigenvalue weighted by Crippen LogP contribution is -2.30. The van der Waals surface area contributed by atoms with Gasteiger partial charge >= 0.3 is 0 Å². The fourth-order valence-electron chi connectivity index (χ4n) is 4.10. The number of rotatable bonds is 6. The number of methoxy groups -OCH3 is 1. The molecule has 0 aliphatic carbocycles. The molecule has 0 bridgehead atoms. The minimum atomic E-state index is -0.315. The first-order valence-electron chi connectivity index (χ1n) is 10.8. The molecule has 7 nitrogen and oxygen atoms in total. The SMILES string of the molecule is COc1nn(CC(=O)Nc2ccccc2CN2CCCCCC2)c(=O)c2ccccc12.Cl. The molecule has 1 fully saturated rings. The van der Waals surface area contributed by atoms with E-state index >= 15 is 0 Å². The average molecular weight is 457 g/mol. The van der Waals surface area contributed by atoms with Crippen LogP contribution in [0.3, 0.4) is 0 Å². The quantitative estimate of drug-likeness (QED) is 0.609. The molecule has 8 heteroatoms. The maximum absolute atomic E-state index is 12.8. The zero-order chi connectivity index (χ0) is 21.6. The van der Waals surface area contributed by atoms with E-state index in [4.69, 9.17) is 4.74 Å². The van der Waals surface area contributed by atoms with E-state index < -0.39 is 0 Å². The largest absolute Gasteiger partial charge is 0.480 e. The highest BCUT2D eigenvalue weighted by molar-refractivity contribution is 5.92. The zero-order valence-corrected chi connectivity index (χ0v) is 19.1. The molecule has 2 aromatic carbocycles. The summed E-state index contributed by atoms with van der Waals surface area (Å²) in [5.74, 6) is 0.0276. The molecule has 0 unspecified atom stereocenters. The Balaban J connectivity index is 0.00000289. The highest BCUT2D eigenvalue weighted by Crippen LogP contribution is 2.21. The third kappa shape index (κ3) is 5.47. The molecule has 0 atom stereocenters. The summed E-state index contributed by atoms with van der Waals surface area (Å²) < 4.78 is 6.49. The average Bonchev–Trinajstić information content (AvgIpc) is 3.06. The Kier molecular flexibility index (Phi) is 8.25. The summed E-state index contributed by atoms with van der Waals surface area (Å²) in [5, 5.41) is 8.32. The fourth-order valence-corrected chi connectivity index (χ4v) is 4.10. The lowest BCUT2D eigenvalue weighted by atomic mass is 10.1. The Hall–Kier alpha value is -2.90. The number of nitrogens with zero attached hydrogens (tertiary/aromatic N) is 3. The van der Waals surface area contributed by atoms with Gasteiger partial charge in [0.05, 0.1) is 17.9 Å². The van der Waals surface area contributed by atoms with Gasteiger partial charge in [0.25, 0.3) is 5.56 Å². The van der Waals surface area contributed by atoms with E-state index in [0.29, 0.717) is 16.7 Å². The van der Waals surface area contributed by atoms with Crippen molar-refractivity contribution in [3.05, 3.63) is 64.4 Å². The Bertz CT molecular complexity index is 1120. The standard InChI is InChI=1S/C24H28N4O3.ClH/c1-31-23-19-11-5-6-12-20(19)24(30)28(26-23)17-22(29)25-21-13-7-4-10-18(21)16-27-14-8-2-3-9-15-27;/h4-7,10-13H,2-3,8-9,14-17H2,1H3,(H,25,29);1H. The molecule has 1 aliphatic rings. The van der Waals surface area contributed by atoms with Crippen LogP contribution in [0.1, 0.15) is 31.2 Å². The molecular weight excluding hydrogens is 428 g/mol. The second kappa shape index (κ2) is 11.1. The summed E-state index contributed by atoms with van der Waals surface area (Å²) in [6.45, 7) is 2.79. The van der Waals surface area contributed by atoms with Crippen LogP contribution < -0.4 is 15.6 Å². The van der Waals surface area contributed by atoms with Gasteiger partial charge in [-0.3, -0.25) is 14.5 Å². The van der Waals surface area contributed by atoms with E-state index in [1.54, 1.807) is 18.2 Å². The lowest BCUT2D eigenvalue weighted by molar-refractivity contribution is -0.117. The van der Waals surface area contributed by atoms with Crippen molar-refractivity contribution in [1.29, 1.82) is 0 Å². The monoisotopic (exact) mass is 456 g/mol. The number of aromatic nitrogens is 2. The zero-order valence-electron chi connectivity index (χ0n) is 18.3. The van der Waals surface area contributed by atoms with Crippen molar-refractivity contribution in [2.45, 2.75) is 38.8 Å². The van der Waals surface area contributed by atoms with E-state index in [1.807, 2.05) is 30.3 Å². The molecule has 4 rings (SSSR count).